The highest BCUT2D eigenvalue weighted by Crippen LogP contribution is 2.21. The third-order valence-electron chi connectivity index (χ3n) is 2.16. The lowest BCUT2D eigenvalue weighted by atomic mass is 9.95. The molecule has 4 nitrogen and oxygen atoms in total. The first-order valence-corrected chi connectivity index (χ1v) is 4.05. The molecule has 0 saturated carbocycles. The summed E-state index contributed by atoms with van der Waals surface area (Å²) in [6, 6.07) is -0.652. The number of imide groups is 1. The maximum atomic E-state index is 12.8. The Morgan fingerprint density at radius 2 is 2.21 bits per heavy atom. The van der Waals surface area contributed by atoms with Crippen LogP contribution in [0.5, 0.6) is 0 Å². The van der Waals surface area contributed by atoms with Crippen molar-refractivity contribution in [3.8, 4) is 0 Å². The first-order valence-electron chi connectivity index (χ1n) is 4.05. The van der Waals surface area contributed by atoms with Crippen molar-refractivity contribution in [1.82, 2.24) is 4.90 Å². The summed E-state index contributed by atoms with van der Waals surface area (Å²) in [6.45, 7) is 0. The molecule has 0 bridgehead atoms. The van der Waals surface area contributed by atoms with Gasteiger partial charge < -0.3 is 0 Å². The monoisotopic (exact) mass is 194 g/mol. The average Bonchev–Trinajstić information content (AvgIpc) is 2.14. The summed E-state index contributed by atoms with van der Waals surface area (Å²) < 4.78 is 12.8. The van der Waals surface area contributed by atoms with E-state index in [1.165, 1.54) is 19.2 Å². The number of hydrogen-bond donors (Lipinski definition) is 0. The standard InChI is InChI=1S/C9H7FN2O2/c1-12-8(13)6-3-2-5(10)4-7(6)11-9(12)14/h2-4,6H,1H3. The van der Waals surface area contributed by atoms with Crippen molar-refractivity contribution < 1.29 is 14.0 Å². The number of allylic oxidation sites excluding steroid dienone is 3. The van der Waals surface area contributed by atoms with Gasteiger partial charge in [-0.1, -0.05) is 6.08 Å². The van der Waals surface area contributed by atoms with E-state index in [1.54, 1.807) is 0 Å². The summed E-state index contributed by atoms with van der Waals surface area (Å²) in [5, 5.41) is 0. The number of hydrogen-bond acceptors (Lipinski definition) is 2. The van der Waals surface area contributed by atoms with Gasteiger partial charge in [0, 0.05) is 7.05 Å². The fourth-order valence-electron chi connectivity index (χ4n) is 1.36. The summed E-state index contributed by atoms with van der Waals surface area (Å²) in [4.78, 5) is 27.1. The Balaban J connectivity index is 2.47. The van der Waals surface area contributed by atoms with Crippen LogP contribution in [-0.4, -0.2) is 29.6 Å². The molecular weight excluding hydrogens is 187 g/mol. The molecule has 0 fully saturated rings. The highest BCUT2D eigenvalue weighted by Gasteiger charge is 2.34. The summed E-state index contributed by atoms with van der Waals surface area (Å²) in [5.41, 5.74) is 0.179. The van der Waals surface area contributed by atoms with Crippen molar-refractivity contribution in [2.45, 2.75) is 0 Å². The van der Waals surface area contributed by atoms with E-state index in [0.717, 1.165) is 11.0 Å². The number of carbonyl (C=O) groups excluding carboxylic acids is 2. The largest absolute Gasteiger partial charge is 0.350 e. The average molecular weight is 194 g/mol. The van der Waals surface area contributed by atoms with Gasteiger partial charge in [-0.25, -0.2) is 9.18 Å². The van der Waals surface area contributed by atoms with Crippen molar-refractivity contribution in [1.29, 1.82) is 0 Å². The van der Waals surface area contributed by atoms with E-state index >= 15 is 0 Å². The van der Waals surface area contributed by atoms with Gasteiger partial charge >= 0.3 is 6.03 Å². The van der Waals surface area contributed by atoms with Gasteiger partial charge in [0.2, 0.25) is 5.91 Å². The summed E-state index contributed by atoms with van der Waals surface area (Å²) in [7, 11) is 1.35. The number of aliphatic imine (C=N–C) groups is 1. The van der Waals surface area contributed by atoms with E-state index in [1.807, 2.05) is 0 Å². The molecule has 1 atom stereocenters. The maximum Gasteiger partial charge on any atom is 0.350 e. The Kier molecular flexibility index (Phi) is 1.80. The Bertz CT molecular complexity index is 409. The molecule has 2 rings (SSSR count). The second kappa shape index (κ2) is 2.87. The van der Waals surface area contributed by atoms with Gasteiger partial charge in [-0.05, 0) is 12.2 Å². The van der Waals surface area contributed by atoms with Crippen LogP contribution in [0.3, 0.4) is 0 Å². The molecule has 1 aliphatic carbocycles. The highest BCUT2D eigenvalue weighted by atomic mass is 19.1. The Hall–Kier alpha value is -1.78. The second-order valence-corrected chi connectivity index (χ2v) is 3.08. The van der Waals surface area contributed by atoms with Gasteiger partial charge in [-0.3, -0.25) is 9.69 Å². The molecule has 0 N–H and O–H groups in total. The Morgan fingerprint density at radius 3 is 2.93 bits per heavy atom. The van der Waals surface area contributed by atoms with Gasteiger partial charge in [0.05, 0.1) is 11.6 Å². The van der Waals surface area contributed by atoms with Crippen LogP contribution in [0.25, 0.3) is 0 Å². The predicted octanol–water partition coefficient (Wildman–Crippen LogP) is 1.06. The SMILES string of the molecule is CN1C(=O)N=C2C=C(F)C=CC2C1=O. The number of amides is 3. The van der Waals surface area contributed by atoms with Crippen LogP contribution in [0.15, 0.2) is 29.0 Å². The molecule has 72 valence electrons. The fourth-order valence-corrected chi connectivity index (χ4v) is 1.36. The topological polar surface area (TPSA) is 49.7 Å². The Morgan fingerprint density at radius 1 is 1.50 bits per heavy atom. The second-order valence-electron chi connectivity index (χ2n) is 3.08. The molecule has 1 unspecified atom stereocenters. The van der Waals surface area contributed by atoms with Crippen LogP contribution in [-0.2, 0) is 4.79 Å². The van der Waals surface area contributed by atoms with Crippen LogP contribution < -0.4 is 0 Å². The molecule has 14 heavy (non-hydrogen) atoms. The summed E-state index contributed by atoms with van der Waals surface area (Å²) >= 11 is 0. The van der Waals surface area contributed by atoms with Crippen LogP contribution in [0.1, 0.15) is 0 Å². The lowest BCUT2D eigenvalue weighted by Gasteiger charge is -2.25. The number of fused-ring (bicyclic) bond motifs is 1. The van der Waals surface area contributed by atoms with Crippen LogP contribution in [0.4, 0.5) is 9.18 Å². The number of halogens is 1. The zero-order valence-electron chi connectivity index (χ0n) is 7.40. The first-order chi connectivity index (χ1) is 6.59. The number of nitrogens with zero attached hydrogens (tertiary/aromatic N) is 2. The molecule has 0 saturated heterocycles. The van der Waals surface area contributed by atoms with E-state index in [2.05, 4.69) is 4.99 Å². The van der Waals surface area contributed by atoms with Crippen molar-refractivity contribution in [3.63, 3.8) is 0 Å². The molecule has 1 aliphatic heterocycles. The molecule has 0 radical (unpaired) electrons. The van der Waals surface area contributed by atoms with Crippen LogP contribution in [0.2, 0.25) is 0 Å². The Labute approximate surface area is 79.4 Å². The van der Waals surface area contributed by atoms with Gasteiger partial charge in [0.15, 0.2) is 0 Å². The zero-order chi connectivity index (χ0) is 10.3. The van der Waals surface area contributed by atoms with Crippen LogP contribution >= 0.6 is 0 Å². The normalized spacial score (nSPS) is 25.9. The minimum absolute atomic E-state index is 0.179. The van der Waals surface area contributed by atoms with Crippen molar-refractivity contribution in [2.24, 2.45) is 10.9 Å². The van der Waals surface area contributed by atoms with Crippen LogP contribution in [0, 0.1) is 5.92 Å². The van der Waals surface area contributed by atoms with Crippen molar-refractivity contribution >= 4 is 17.6 Å². The highest BCUT2D eigenvalue weighted by molar-refractivity contribution is 6.21. The predicted molar refractivity (Wildman–Crippen MR) is 47.4 cm³/mol. The minimum atomic E-state index is -0.652. The molecule has 0 aromatic heterocycles. The van der Waals surface area contributed by atoms with E-state index < -0.39 is 17.8 Å². The molecule has 2 aliphatic rings. The summed E-state index contributed by atoms with van der Waals surface area (Å²) in [6.07, 6.45) is 3.71. The third kappa shape index (κ3) is 1.17. The number of urea groups is 1. The quantitative estimate of drug-likeness (QED) is 0.578. The first kappa shape index (κ1) is 8.80. The zero-order valence-corrected chi connectivity index (χ0v) is 7.40. The van der Waals surface area contributed by atoms with Crippen molar-refractivity contribution in [3.05, 3.63) is 24.1 Å². The summed E-state index contributed by atoms with van der Waals surface area (Å²) in [5.74, 6) is -1.48. The maximum absolute atomic E-state index is 12.8. The molecule has 0 aromatic carbocycles. The lowest BCUT2D eigenvalue weighted by molar-refractivity contribution is -0.128. The van der Waals surface area contributed by atoms with Gasteiger partial charge in [0.25, 0.3) is 0 Å². The number of carbonyl (C=O) groups is 2. The molecular formula is C9H7FN2O2. The van der Waals surface area contributed by atoms with E-state index in [9.17, 15) is 14.0 Å². The van der Waals surface area contributed by atoms with Gasteiger partial charge in [-0.2, -0.15) is 4.99 Å². The molecule has 1 heterocycles. The fraction of sp³-hybridized carbons (Fsp3) is 0.222. The molecule has 0 spiro atoms. The molecule has 0 aromatic rings. The van der Waals surface area contributed by atoms with Gasteiger partial charge in [-0.15, -0.1) is 0 Å². The van der Waals surface area contributed by atoms with Gasteiger partial charge in [0.1, 0.15) is 5.83 Å². The smallest absolute Gasteiger partial charge is 0.273 e. The third-order valence-corrected chi connectivity index (χ3v) is 2.16. The van der Waals surface area contributed by atoms with E-state index in [4.69, 9.17) is 0 Å². The minimum Gasteiger partial charge on any atom is -0.273 e. The van der Waals surface area contributed by atoms with E-state index in [-0.39, 0.29) is 11.6 Å². The van der Waals surface area contributed by atoms with E-state index in [0.29, 0.717) is 0 Å². The van der Waals surface area contributed by atoms with Crippen molar-refractivity contribution in [2.75, 3.05) is 7.05 Å². The molecule has 5 heteroatoms. The lowest BCUT2D eigenvalue weighted by Crippen LogP contribution is -2.43. The molecule has 3 amide bonds. The number of rotatable bonds is 0.